The topological polar surface area (TPSA) is 30.7 Å². The summed E-state index contributed by atoms with van der Waals surface area (Å²) in [6, 6.07) is 23.8. The first-order valence-electron chi connectivity index (χ1n) is 11.3. The lowest BCUT2D eigenvalue weighted by molar-refractivity contribution is 0.502. The molecule has 0 amide bonds. The quantitative estimate of drug-likeness (QED) is 0.329. The second-order valence-electron chi connectivity index (χ2n) is 9.74. The molecule has 160 valence electrons. The highest BCUT2D eigenvalue weighted by Gasteiger charge is 2.24. The Balaban J connectivity index is 1.85. The van der Waals surface area contributed by atoms with Crippen LogP contribution in [-0.2, 0) is 10.8 Å². The smallest absolute Gasteiger partial charge is 0.114 e. The fourth-order valence-corrected chi connectivity index (χ4v) is 4.21. The van der Waals surface area contributed by atoms with Crippen LogP contribution in [0.1, 0.15) is 65.5 Å². The fraction of sp³-hybridized carbons (Fsp3) is 0.357. The van der Waals surface area contributed by atoms with Crippen molar-refractivity contribution in [3.63, 3.8) is 0 Å². The molecule has 0 saturated heterocycles. The molecule has 4 rings (SSSR count). The molecule has 0 N–H and O–H groups in total. The van der Waals surface area contributed by atoms with E-state index in [1.165, 1.54) is 22.3 Å². The summed E-state index contributed by atoms with van der Waals surface area (Å²) in [4.78, 5) is 0. The Morgan fingerprint density at radius 3 is 2.06 bits per heavy atom. The lowest BCUT2D eigenvalue weighted by Gasteiger charge is -2.26. The van der Waals surface area contributed by atoms with Crippen LogP contribution in [0, 0.1) is 0 Å². The molecule has 0 bridgehead atoms. The summed E-state index contributed by atoms with van der Waals surface area (Å²) in [6.45, 7) is 13.7. The van der Waals surface area contributed by atoms with Gasteiger partial charge in [0.1, 0.15) is 5.52 Å². The third-order valence-electron chi connectivity index (χ3n) is 7.04. The number of fused-ring (bicyclic) bond motifs is 1. The third-order valence-corrected chi connectivity index (χ3v) is 7.04. The van der Waals surface area contributed by atoms with E-state index in [1.54, 1.807) is 0 Å². The van der Waals surface area contributed by atoms with Crippen molar-refractivity contribution in [1.82, 2.24) is 15.0 Å². The second-order valence-corrected chi connectivity index (χ2v) is 9.74. The number of hydrogen-bond donors (Lipinski definition) is 0. The van der Waals surface area contributed by atoms with E-state index < -0.39 is 0 Å². The van der Waals surface area contributed by atoms with Crippen LogP contribution in [0.15, 0.2) is 66.7 Å². The van der Waals surface area contributed by atoms with Crippen molar-refractivity contribution in [3.8, 4) is 16.8 Å². The van der Waals surface area contributed by atoms with Crippen LogP contribution in [0.3, 0.4) is 0 Å². The highest BCUT2D eigenvalue weighted by Crippen LogP contribution is 2.37. The van der Waals surface area contributed by atoms with Gasteiger partial charge in [0.05, 0.1) is 11.2 Å². The second kappa shape index (κ2) is 7.96. The summed E-state index contributed by atoms with van der Waals surface area (Å²) in [5.41, 5.74) is 8.39. The summed E-state index contributed by atoms with van der Waals surface area (Å²) >= 11 is 0. The molecule has 0 saturated carbocycles. The van der Waals surface area contributed by atoms with E-state index in [0.717, 1.165) is 29.6 Å². The molecule has 31 heavy (non-hydrogen) atoms. The Morgan fingerprint density at radius 1 is 0.742 bits per heavy atom. The number of rotatable bonds is 6. The Bertz CT molecular complexity index is 1210. The van der Waals surface area contributed by atoms with Crippen molar-refractivity contribution in [3.05, 3.63) is 77.9 Å². The number of benzene rings is 3. The summed E-state index contributed by atoms with van der Waals surface area (Å²) in [6.07, 6.45) is 2.15. The van der Waals surface area contributed by atoms with Crippen molar-refractivity contribution in [2.45, 2.75) is 65.2 Å². The van der Waals surface area contributed by atoms with Gasteiger partial charge >= 0.3 is 0 Å². The van der Waals surface area contributed by atoms with E-state index in [9.17, 15) is 0 Å². The zero-order valence-corrected chi connectivity index (χ0v) is 19.6. The predicted molar refractivity (Wildman–Crippen MR) is 131 cm³/mol. The zero-order valence-electron chi connectivity index (χ0n) is 19.6. The lowest BCUT2D eigenvalue weighted by Crippen LogP contribution is -2.19. The summed E-state index contributed by atoms with van der Waals surface area (Å²) in [5.74, 6) is 0. The largest absolute Gasteiger partial charge is 0.213 e. The van der Waals surface area contributed by atoms with E-state index >= 15 is 0 Å². The molecule has 4 aromatic rings. The average molecular weight is 412 g/mol. The molecular weight excluding hydrogens is 378 g/mol. The van der Waals surface area contributed by atoms with Crippen LogP contribution >= 0.6 is 0 Å². The van der Waals surface area contributed by atoms with Gasteiger partial charge in [0, 0.05) is 0 Å². The number of nitrogens with zero attached hydrogens (tertiary/aromatic N) is 3. The van der Waals surface area contributed by atoms with Gasteiger partial charge in [-0.2, -0.15) is 0 Å². The molecule has 1 aromatic heterocycles. The van der Waals surface area contributed by atoms with Crippen LogP contribution in [-0.4, -0.2) is 15.0 Å². The SMILES string of the molecule is CCC(C)(C)c1ccccc1-c1ccc2c(c1)nnn2-c1ccccc1C(C)(C)CC. The standard InChI is InChI=1S/C28H33N3/c1-7-27(3,4)22-14-10-9-13-21(22)20-17-18-26-24(19-20)29-30-31(26)25-16-12-11-15-23(25)28(5,6)8-2/h9-19H,7-8H2,1-6H3. The molecular formula is C28H33N3. The molecule has 3 aromatic carbocycles. The van der Waals surface area contributed by atoms with Crippen LogP contribution in [0.25, 0.3) is 27.8 Å². The van der Waals surface area contributed by atoms with Crippen LogP contribution in [0.5, 0.6) is 0 Å². The Kier molecular flexibility index (Phi) is 5.47. The molecule has 0 aliphatic carbocycles. The number of para-hydroxylation sites is 1. The zero-order chi connectivity index (χ0) is 22.2. The van der Waals surface area contributed by atoms with Gasteiger partial charge in [-0.1, -0.05) is 95.3 Å². The average Bonchev–Trinajstić information content (AvgIpc) is 3.22. The maximum atomic E-state index is 4.56. The summed E-state index contributed by atoms with van der Waals surface area (Å²) in [7, 11) is 0. The minimum atomic E-state index is 0.0689. The van der Waals surface area contributed by atoms with Crippen molar-refractivity contribution in [2.75, 3.05) is 0 Å². The van der Waals surface area contributed by atoms with Crippen molar-refractivity contribution in [2.24, 2.45) is 0 Å². The van der Waals surface area contributed by atoms with Crippen molar-refractivity contribution in [1.29, 1.82) is 0 Å². The van der Waals surface area contributed by atoms with Crippen LogP contribution < -0.4 is 0 Å². The first kappa shape index (κ1) is 21.3. The van der Waals surface area contributed by atoms with E-state index in [0.29, 0.717) is 0 Å². The first-order valence-corrected chi connectivity index (χ1v) is 11.3. The van der Waals surface area contributed by atoms with Gasteiger partial charge in [0.15, 0.2) is 0 Å². The highest BCUT2D eigenvalue weighted by molar-refractivity contribution is 5.84. The first-order chi connectivity index (χ1) is 14.8. The molecule has 0 aliphatic rings. The van der Waals surface area contributed by atoms with Crippen LogP contribution in [0.2, 0.25) is 0 Å². The van der Waals surface area contributed by atoms with E-state index in [2.05, 4.69) is 119 Å². The Morgan fingerprint density at radius 2 is 1.35 bits per heavy atom. The summed E-state index contributed by atoms with van der Waals surface area (Å²) in [5, 5.41) is 9.12. The van der Waals surface area contributed by atoms with Gasteiger partial charge in [-0.3, -0.25) is 0 Å². The maximum absolute atomic E-state index is 4.56. The van der Waals surface area contributed by atoms with E-state index in [-0.39, 0.29) is 10.8 Å². The van der Waals surface area contributed by atoms with Crippen molar-refractivity contribution < 1.29 is 0 Å². The predicted octanol–water partition coefficient (Wildman–Crippen LogP) is 7.46. The number of hydrogen-bond acceptors (Lipinski definition) is 2. The molecule has 0 aliphatic heterocycles. The molecule has 0 fully saturated rings. The maximum Gasteiger partial charge on any atom is 0.114 e. The lowest BCUT2D eigenvalue weighted by atomic mass is 9.78. The molecule has 3 nitrogen and oxygen atoms in total. The molecule has 1 heterocycles. The van der Waals surface area contributed by atoms with E-state index in [1.807, 2.05) is 4.68 Å². The van der Waals surface area contributed by atoms with Gasteiger partial charge in [-0.25, -0.2) is 4.68 Å². The monoisotopic (exact) mass is 411 g/mol. The summed E-state index contributed by atoms with van der Waals surface area (Å²) < 4.78 is 1.99. The third kappa shape index (κ3) is 3.78. The minimum Gasteiger partial charge on any atom is -0.213 e. The molecule has 0 unspecified atom stereocenters. The van der Waals surface area contributed by atoms with Gasteiger partial charge in [-0.15, -0.1) is 5.10 Å². The van der Waals surface area contributed by atoms with E-state index in [4.69, 9.17) is 0 Å². The minimum absolute atomic E-state index is 0.0689. The van der Waals surface area contributed by atoms with Gasteiger partial charge in [-0.05, 0) is 64.1 Å². The van der Waals surface area contributed by atoms with Crippen molar-refractivity contribution >= 4 is 11.0 Å². The Hall–Kier alpha value is -2.94. The molecule has 3 heteroatoms. The molecule has 0 radical (unpaired) electrons. The van der Waals surface area contributed by atoms with Gasteiger partial charge in [0.25, 0.3) is 0 Å². The highest BCUT2D eigenvalue weighted by atomic mass is 15.4. The van der Waals surface area contributed by atoms with Gasteiger partial charge < -0.3 is 0 Å². The fourth-order valence-electron chi connectivity index (χ4n) is 4.21. The number of aromatic nitrogens is 3. The molecule has 0 spiro atoms. The van der Waals surface area contributed by atoms with Crippen LogP contribution in [0.4, 0.5) is 0 Å². The normalized spacial score (nSPS) is 12.5. The molecule has 0 atom stereocenters. The van der Waals surface area contributed by atoms with Gasteiger partial charge in [0.2, 0.25) is 0 Å². The Labute approximate surface area is 186 Å².